The summed E-state index contributed by atoms with van der Waals surface area (Å²) < 4.78 is 25.8. The summed E-state index contributed by atoms with van der Waals surface area (Å²) in [6.45, 7) is 0.479. The van der Waals surface area contributed by atoms with Gasteiger partial charge in [0.05, 0.1) is 20.8 Å². The van der Waals surface area contributed by atoms with Gasteiger partial charge < -0.3 is 14.8 Å². The number of benzene rings is 1. The Hall–Kier alpha value is -2.28. The molecule has 2 aromatic heterocycles. The Morgan fingerprint density at radius 1 is 1.33 bits per heavy atom. The highest BCUT2D eigenvalue weighted by Crippen LogP contribution is 2.25. The number of fused-ring (bicyclic) bond motifs is 1. The van der Waals surface area contributed by atoms with Crippen molar-refractivity contribution in [1.82, 2.24) is 9.38 Å². The Morgan fingerprint density at radius 2 is 2.19 bits per heavy atom. The zero-order chi connectivity index (χ0) is 14.8. The maximum Gasteiger partial charge on any atom is 0.238 e. The average molecular weight is 307 g/mol. The summed E-state index contributed by atoms with van der Waals surface area (Å²) in [6, 6.07) is 4.75. The van der Waals surface area contributed by atoms with Crippen molar-refractivity contribution in [3.8, 4) is 11.6 Å². The van der Waals surface area contributed by atoms with E-state index < -0.39 is 5.82 Å². The van der Waals surface area contributed by atoms with Crippen LogP contribution in [0.2, 0.25) is 0 Å². The highest BCUT2D eigenvalue weighted by molar-refractivity contribution is 7.15. The van der Waals surface area contributed by atoms with E-state index in [2.05, 4.69) is 10.3 Å². The fourth-order valence-electron chi connectivity index (χ4n) is 2.10. The Kier molecular flexibility index (Phi) is 3.66. The standard InChI is InChI=1S/C14H14FN3O2S/c1-19-12-4-3-9(7-10(12)15)16-8-11-13(20-2)17-14-18(11)5-6-21-14/h3-7,16H,8H2,1-2H3. The second kappa shape index (κ2) is 5.61. The van der Waals surface area contributed by atoms with Crippen molar-refractivity contribution in [2.75, 3.05) is 19.5 Å². The lowest BCUT2D eigenvalue weighted by atomic mass is 10.3. The number of anilines is 1. The quantitative estimate of drug-likeness (QED) is 0.786. The van der Waals surface area contributed by atoms with Gasteiger partial charge in [0.2, 0.25) is 5.88 Å². The summed E-state index contributed by atoms with van der Waals surface area (Å²) >= 11 is 1.53. The van der Waals surface area contributed by atoms with Crippen molar-refractivity contribution >= 4 is 22.0 Å². The predicted octanol–water partition coefficient (Wildman–Crippen LogP) is 3.16. The fraction of sp³-hybridized carbons (Fsp3) is 0.214. The molecule has 0 bridgehead atoms. The molecular weight excluding hydrogens is 293 g/mol. The number of nitrogens with one attached hydrogen (secondary N) is 1. The minimum atomic E-state index is -0.400. The molecule has 0 atom stereocenters. The van der Waals surface area contributed by atoms with Crippen molar-refractivity contribution in [2.45, 2.75) is 6.54 Å². The maximum absolute atomic E-state index is 13.7. The molecule has 5 nitrogen and oxygen atoms in total. The van der Waals surface area contributed by atoms with Gasteiger partial charge in [-0.3, -0.25) is 4.40 Å². The Morgan fingerprint density at radius 3 is 2.90 bits per heavy atom. The SMILES string of the molecule is COc1ccc(NCc2c(OC)nc3sccn23)cc1F. The Labute approximate surface area is 125 Å². The summed E-state index contributed by atoms with van der Waals surface area (Å²) in [4.78, 5) is 5.24. The first-order valence-electron chi connectivity index (χ1n) is 6.28. The normalized spacial score (nSPS) is 10.8. The van der Waals surface area contributed by atoms with Gasteiger partial charge in [-0.25, -0.2) is 4.39 Å². The van der Waals surface area contributed by atoms with Crippen molar-refractivity contribution in [1.29, 1.82) is 0 Å². The molecule has 0 radical (unpaired) electrons. The van der Waals surface area contributed by atoms with Crippen LogP contribution in [-0.2, 0) is 6.54 Å². The zero-order valence-electron chi connectivity index (χ0n) is 11.6. The van der Waals surface area contributed by atoms with Gasteiger partial charge in [0.15, 0.2) is 16.5 Å². The topological polar surface area (TPSA) is 47.8 Å². The van der Waals surface area contributed by atoms with Gasteiger partial charge in [-0.1, -0.05) is 0 Å². The van der Waals surface area contributed by atoms with Gasteiger partial charge in [0.25, 0.3) is 0 Å². The molecule has 0 saturated heterocycles. The van der Waals surface area contributed by atoms with Crippen LogP contribution in [0.5, 0.6) is 11.6 Å². The molecule has 0 saturated carbocycles. The monoisotopic (exact) mass is 307 g/mol. The summed E-state index contributed by atoms with van der Waals surface area (Å²) in [7, 11) is 3.03. The van der Waals surface area contributed by atoms with Crippen LogP contribution in [0.3, 0.4) is 0 Å². The average Bonchev–Trinajstić information content (AvgIpc) is 3.06. The van der Waals surface area contributed by atoms with E-state index in [1.807, 2.05) is 16.0 Å². The zero-order valence-corrected chi connectivity index (χ0v) is 12.4. The van der Waals surface area contributed by atoms with E-state index in [0.29, 0.717) is 18.1 Å². The number of rotatable bonds is 5. The molecule has 0 amide bonds. The van der Waals surface area contributed by atoms with Gasteiger partial charge in [0.1, 0.15) is 5.69 Å². The first-order chi connectivity index (χ1) is 10.2. The number of thiazole rings is 1. The molecule has 0 fully saturated rings. The van der Waals surface area contributed by atoms with E-state index in [1.54, 1.807) is 19.2 Å². The van der Waals surface area contributed by atoms with E-state index in [4.69, 9.17) is 9.47 Å². The molecule has 110 valence electrons. The third-order valence-corrected chi connectivity index (χ3v) is 3.89. The number of hydrogen-bond donors (Lipinski definition) is 1. The number of halogens is 1. The number of aromatic nitrogens is 2. The number of methoxy groups -OCH3 is 2. The third kappa shape index (κ3) is 2.52. The highest BCUT2D eigenvalue weighted by atomic mass is 32.1. The lowest BCUT2D eigenvalue weighted by molar-refractivity contribution is 0.386. The molecule has 0 aliphatic heterocycles. The molecule has 0 spiro atoms. The summed E-state index contributed by atoms with van der Waals surface area (Å²) in [5.41, 5.74) is 1.56. The lowest BCUT2D eigenvalue weighted by Crippen LogP contribution is -2.04. The second-order valence-corrected chi connectivity index (χ2v) is 5.20. The van der Waals surface area contributed by atoms with Gasteiger partial charge in [-0.05, 0) is 12.1 Å². The van der Waals surface area contributed by atoms with Crippen LogP contribution in [0.15, 0.2) is 29.8 Å². The van der Waals surface area contributed by atoms with Crippen LogP contribution in [0, 0.1) is 5.82 Å². The van der Waals surface area contributed by atoms with Crippen LogP contribution >= 0.6 is 11.3 Å². The molecule has 0 unspecified atom stereocenters. The number of ether oxygens (including phenoxy) is 2. The van der Waals surface area contributed by atoms with Gasteiger partial charge in [-0.2, -0.15) is 4.98 Å². The molecule has 0 aliphatic rings. The van der Waals surface area contributed by atoms with E-state index in [-0.39, 0.29) is 5.75 Å². The Balaban J connectivity index is 1.82. The van der Waals surface area contributed by atoms with Crippen LogP contribution in [0.1, 0.15) is 5.69 Å². The molecule has 3 aromatic rings. The van der Waals surface area contributed by atoms with Crippen LogP contribution < -0.4 is 14.8 Å². The van der Waals surface area contributed by atoms with Crippen molar-refractivity contribution in [2.24, 2.45) is 0 Å². The number of hydrogen-bond acceptors (Lipinski definition) is 5. The number of nitrogens with zero attached hydrogens (tertiary/aromatic N) is 2. The van der Waals surface area contributed by atoms with Crippen molar-refractivity contribution < 1.29 is 13.9 Å². The van der Waals surface area contributed by atoms with Crippen molar-refractivity contribution in [3.63, 3.8) is 0 Å². The molecule has 2 heterocycles. The minimum Gasteiger partial charge on any atom is -0.494 e. The molecule has 0 aliphatic carbocycles. The van der Waals surface area contributed by atoms with Crippen molar-refractivity contribution in [3.05, 3.63) is 41.3 Å². The molecular formula is C14H14FN3O2S. The second-order valence-electron chi connectivity index (χ2n) is 4.33. The number of imidazole rings is 1. The van der Waals surface area contributed by atoms with Crippen LogP contribution in [-0.4, -0.2) is 23.6 Å². The minimum absolute atomic E-state index is 0.225. The van der Waals surface area contributed by atoms with Crippen LogP contribution in [0.25, 0.3) is 4.96 Å². The Bertz CT molecular complexity index is 769. The summed E-state index contributed by atoms with van der Waals surface area (Å²) in [6.07, 6.45) is 1.93. The smallest absolute Gasteiger partial charge is 0.238 e. The van der Waals surface area contributed by atoms with E-state index >= 15 is 0 Å². The maximum atomic E-state index is 13.7. The molecule has 1 aromatic carbocycles. The summed E-state index contributed by atoms with van der Waals surface area (Å²) in [5, 5.41) is 5.12. The molecule has 21 heavy (non-hydrogen) atoms. The van der Waals surface area contributed by atoms with Crippen LogP contribution in [0.4, 0.5) is 10.1 Å². The molecule has 7 heteroatoms. The molecule has 3 rings (SSSR count). The van der Waals surface area contributed by atoms with E-state index in [0.717, 1.165) is 10.7 Å². The lowest BCUT2D eigenvalue weighted by Gasteiger charge is -2.09. The largest absolute Gasteiger partial charge is 0.494 e. The van der Waals surface area contributed by atoms with Gasteiger partial charge >= 0.3 is 0 Å². The third-order valence-electron chi connectivity index (χ3n) is 3.13. The van der Waals surface area contributed by atoms with E-state index in [9.17, 15) is 4.39 Å². The van der Waals surface area contributed by atoms with Gasteiger partial charge in [-0.15, -0.1) is 11.3 Å². The summed E-state index contributed by atoms with van der Waals surface area (Å²) in [5.74, 6) is 0.398. The van der Waals surface area contributed by atoms with Gasteiger partial charge in [0, 0.05) is 23.3 Å². The first kappa shape index (κ1) is 13.7. The van der Waals surface area contributed by atoms with E-state index in [1.165, 1.54) is 24.5 Å². The molecule has 1 N–H and O–H groups in total. The first-order valence-corrected chi connectivity index (χ1v) is 7.16. The predicted molar refractivity (Wildman–Crippen MR) is 79.9 cm³/mol. The highest BCUT2D eigenvalue weighted by Gasteiger charge is 2.13. The fourth-order valence-corrected chi connectivity index (χ4v) is 2.82.